The maximum Gasteiger partial charge on any atom is 0.243 e. The summed E-state index contributed by atoms with van der Waals surface area (Å²) in [6.07, 6.45) is 5.82. The fourth-order valence-corrected chi connectivity index (χ4v) is 3.57. The summed E-state index contributed by atoms with van der Waals surface area (Å²) in [5.74, 6) is -0.00729. The zero-order valence-electron chi connectivity index (χ0n) is 12.9. The number of amides is 1. The molecular formula is C15H21N5OS. The fourth-order valence-electron chi connectivity index (χ4n) is 3.04. The van der Waals surface area contributed by atoms with Crippen LogP contribution in [0.2, 0.25) is 0 Å². The van der Waals surface area contributed by atoms with E-state index in [-0.39, 0.29) is 11.9 Å². The number of likely N-dealkylation sites (N-methyl/N-ethyl adjacent to an activating group) is 1. The van der Waals surface area contributed by atoms with E-state index in [4.69, 9.17) is 0 Å². The summed E-state index contributed by atoms with van der Waals surface area (Å²) in [6, 6.07) is -0.183. The number of aromatic amines is 1. The topological polar surface area (TPSA) is 73.9 Å². The molecule has 22 heavy (non-hydrogen) atoms. The summed E-state index contributed by atoms with van der Waals surface area (Å²) in [6.45, 7) is 2.72. The number of aryl methyl sites for hydroxylation is 1. The Bertz CT molecular complexity index is 636. The summed E-state index contributed by atoms with van der Waals surface area (Å²) in [5, 5.41) is 12.9. The number of nitrogens with zero attached hydrogens (tertiary/aromatic N) is 3. The molecule has 0 bridgehead atoms. The van der Waals surface area contributed by atoms with Gasteiger partial charge in [0.1, 0.15) is 0 Å². The van der Waals surface area contributed by atoms with Gasteiger partial charge in [-0.05, 0) is 38.3 Å². The van der Waals surface area contributed by atoms with Gasteiger partial charge in [0.15, 0.2) is 5.13 Å². The van der Waals surface area contributed by atoms with Crippen LogP contribution in [-0.2, 0) is 24.2 Å². The molecule has 0 radical (unpaired) electrons. The lowest BCUT2D eigenvalue weighted by molar-refractivity contribution is -0.121. The predicted octanol–water partition coefficient (Wildman–Crippen LogP) is 2.20. The van der Waals surface area contributed by atoms with E-state index in [1.165, 1.54) is 29.0 Å². The first kappa shape index (κ1) is 15.2. The maximum absolute atomic E-state index is 12.4. The standard InChI is InChI=1S/C15H21N5OS/c1-3-13(14(21)17-15-16-7-8-22-15)20(2)9-12-10-5-4-6-11(10)18-19-12/h7-8,13H,3-6,9H2,1-2H3,(H,18,19)(H,16,17,21)/t13-/m1/s1. The second-order valence-electron chi connectivity index (χ2n) is 5.65. The summed E-state index contributed by atoms with van der Waals surface area (Å²) in [4.78, 5) is 18.6. The molecule has 0 aromatic carbocycles. The molecule has 0 unspecified atom stereocenters. The molecule has 0 aliphatic heterocycles. The van der Waals surface area contributed by atoms with Crippen molar-refractivity contribution in [2.45, 2.75) is 45.2 Å². The number of H-pyrrole nitrogens is 1. The SMILES string of the molecule is CC[C@H](C(=O)Nc1nccs1)N(C)Cc1n[nH]c2c1CCC2. The molecular weight excluding hydrogens is 298 g/mol. The van der Waals surface area contributed by atoms with Crippen molar-refractivity contribution in [2.75, 3.05) is 12.4 Å². The van der Waals surface area contributed by atoms with Gasteiger partial charge in [0.05, 0.1) is 11.7 Å². The lowest BCUT2D eigenvalue weighted by Gasteiger charge is -2.25. The summed E-state index contributed by atoms with van der Waals surface area (Å²) < 4.78 is 0. The first-order valence-electron chi connectivity index (χ1n) is 7.64. The quantitative estimate of drug-likeness (QED) is 0.856. The van der Waals surface area contributed by atoms with E-state index in [0.717, 1.165) is 25.0 Å². The molecule has 2 N–H and O–H groups in total. The van der Waals surface area contributed by atoms with Crippen LogP contribution in [-0.4, -0.2) is 39.1 Å². The van der Waals surface area contributed by atoms with Crippen LogP contribution in [0.3, 0.4) is 0 Å². The Morgan fingerprint density at radius 1 is 1.55 bits per heavy atom. The van der Waals surface area contributed by atoms with Crippen LogP contribution >= 0.6 is 11.3 Å². The molecule has 7 heteroatoms. The summed E-state index contributed by atoms with van der Waals surface area (Å²) in [5.41, 5.74) is 3.70. The molecule has 0 saturated heterocycles. The molecule has 2 aromatic heterocycles. The third-order valence-electron chi connectivity index (χ3n) is 4.18. The summed E-state index contributed by atoms with van der Waals surface area (Å²) in [7, 11) is 1.98. The molecule has 2 heterocycles. The first-order valence-corrected chi connectivity index (χ1v) is 8.52. The van der Waals surface area contributed by atoms with Crippen LogP contribution < -0.4 is 5.32 Å². The number of rotatable bonds is 6. The van der Waals surface area contributed by atoms with Crippen molar-refractivity contribution in [1.29, 1.82) is 0 Å². The number of anilines is 1. The van der Waals surface area contributed by atoms with E-state index in [9.17, 15) is 4.79 Å². The molecule has 6 nitrogen and oxygen atoms in total. The van der Waals surface area contributed by atoms with E-state index in [2.05, 4.69) is 25.4 Å². The molecule has 1 aliphatic carbocycles. The minimum Gasteiger partial charge on any atom is -0.301 e. The number of carbonyl (C=O) groups is 1. The Kier molecular flexibility index (Phi) is 4.54. The van der Waals surface area contributed by atoms with Gasteiger partial charge in [-0.1, -0.05) is 6.92 Å². The monoisotopic (exact) mass is 319 g/mol. The zero-order chi connectivity index (χ0) is 15.5. The van der Waals surface area contributed by atoms with Crippen molar-refractivity contribution in [3.05, 3.63) is 28.5 Å². The highest BCUT2D eigenvalue weighted by Crippen LogP contribution is 2.24. The van der Waals surface area contributed by atoms with Gasteiger partial charge in [0.25, 0.3) is 0 Å². The second-order valence-corrected chi connectivity index (χ2v) is 6.54. The second kappa shape index (κ2) is 6.58. The van der Waals surface area contributed by atoms with Crippen molar-refractivity contribution in [3.63, 3.8) is 0 Å². The van der Waals surface area contributed by atoms with E-state index >= 15 is 0 Å². The summed E-state index contributed by atoms with van der Waals surface area (Å²) >= 11 is 1.43. The largest absolute Gasteiger partial charge is 0.301 e. The molecule has 1 amide bonds. The zero-order valence-corrected chi connectivity index (χ0v) is 13.7. The number of thiazole rings is 1. The van der Waals surface area contributed by atoms with E-state index < -0.39 is 0 Å². The normalized spacial score (nSPS) is 15.0. The third kappa shape index (κ3) is 3.05. The molecule has 3 rings (SSSR count). The molecule has 0 fully saturated rings. The third-order valence-corrected chi connectivity index (χ3v) is 4.86. The number of aromatic nitrogens is 3. The van der Waals surface area contributed by atoms with Crippen molar-refractivity contribution in [2.24, 2.45) is 0 Å². The number of hydrogen-bond donors (Lipinski definition) is 2. The Hall–Kier alpha value is -1.73. The van der Waals surface area contributed by atoms with Crippen LogP contribution in [0.1, 0.15) is 36.7 Å². The van der Waals surface area contributed by atoms with Crippen molar-refractivity contribution in [3.8, 4) is 0 Å². The minimum absolute atomic E-state index is 0.00729. The highest BCUT2D eigenvalue weighted by atomic mass is 32.1. The average molecular weight is 319 g/mol. The molecule has 1 aliphatic rings. The van der Waals surface area contributed by atoms with Gasteiger partial charge in [-0.15, -0.1) is 11.3 Å². The first-order chi connectivity index (χ1) is 10.7. The number of fused-ring (bicyclic) bond motifs is 1. The molecule has 0 spiro atoms. The Balaban J connectivity index is 1.66. The number of hydrogen-bond acceptors (Lipinski definition) is 5. The fraction of sp³-hybridized carbons (Fsp3) is 0.533. The van der Waals surface area contributed by atoms with Crippen LogP contribution in [0.25, 0.3) is 0 Å². The van der Waals surface area contributed by atoms with Crippen molar-refractivity contribution in [1.82, 2.24) is 20.1 Å². The van der Waals surface area contributed by atoms with Crippen molar-refractivity contribution >= 4 is 22.4 Å². The Morgan fingerprint density at radius 3 is 3.14 bits per heavy atom. The predicted molar refractivity (Wildman–Crippen MR) is 86.9 cm³/mol. The van der Waals surface area contributed by atoms with Crippen LogP contribution in [0.4, 0.5) is 5.13 Å². The smallest absolute Gasteiger partial charge is 0.243 e. The van der Waals surface area contributed by atoms with Gasteiger partial charge in [-0.2, -0.15) is 5.10 Å². The number of nitrogens with one attached hydrogen (secondary N) is 2. The van der Waals surface area contributed by atoms with Crippen molar-refractivity contribution < 1.29 is 4.79 Å². The highest BCUT2D eigenvalue weighted by Gasteiger charge is 2.25. The lowest BCUT2D eigenvalue weighted by Crippen LogP contribution is -2.41. The molecule has 1 atom stereocenters. The Morgan fingerprint density at radius 2 is 2.41 bits per heavy atom. The molecule has 2 aromatic rings. The van der Waals surface area contributed by atoms with E-state index in [1.807, 2.05) is 19.4 Å². The van der Waals surface area contributed by atoms with Crippen LogP contribution in [0, 0.1) is 0 Å². The Labute approximate surface area is 133 Å². The maximum atomic E-state index is 12.4. The van der Waals surface area contributed by atoms with Gasteiger partial charge in [-0.25, -0.2) is 4.98 Å². The molecule has 118 valence electrons. The van der Waals surface area contributed by atoms with Gasteiger partial charge in [0, 0.05) is 23.8 Å². The molecule has 0 saturated carbocycles. The number of carbonyl (C=O) groups excluding carboxylic acids is 1. The van der Waals surface area contributed by atoms with E-state index in [0.29, 0.717) is 11.7 Å². The van der Waals surface area contributed by atoms with Gasteiger partial charge in [0.2, 0.25) is 5.91 Å². The van der Waals surface area contributed by atoms with Crippen LogP contribution in [0.5, 0.6) is 0 Å². The average Bonchev–Trinajstić information content (AvgIpc) is 3.19. The van der Waals surface area contributed by atoms with Gasteiger partial charge in [-0.3, -0.25) is 14.8 Å². The highest BCUT2D eigenvalue weighted by molar-refractivity contribution is 7.13. The van der Waals surface area contributed by atoms with Gasteiger partial charge < -0.3 is 5.32 Å². The lowest BCUT2D eigenvalue weighted by atomic mass is 10.1. The van der Waals surface area contributed by atoms with Gasteiger partial charge >= 0.3 is 0 Å². The van der Waals surface area contributed by atoms with Crippen LogP contribution in [0.15, 0.2) is 11.6 Å². The van der Waals surface area contributed by atoms with E-state index in [1.54, 1.807) is 6.20 Å². The minimum atomic E-state index is -0.183.